The van der Waals surface area contributed by atoms with Gasteiger partial charge in [0.25, 0.3) is 5.91 Å². The highest BCUT2D eigenvalue weighted by molar-refractivity contribution is 6.05. The van der Waals surface area contributed by atoms with Gasteiger partial charge >= 0.3 is 0 Å². The van der Waals surface area contributed by atoms with Crippen molar-refractivity contribution >= 4 is 17.2 Å². The van der Waals surface area contributed by atoms with E-state index in [1.54, 1.807) is 41.3 Å². The first-order valence-electron chi connectivity index (χ1n) is 8.75. The molecule has 1 amide bonds. The number of pyridine rings is 1. The fraction of sp³-hybridized carbons (Fsp3) is 0.158. The molecule has 0 bridgehead atoms. The number of methoxy groups -OCH3 is 1. The molecule has 10 heteroatoms. The molecule has 0 saturated carbocycles. The molecule has 0 unspecified atom stereocenters. The van der Waals surface area contributed by atoms with E-state index in [0.29, 0.717) is 28.3 Å². The van der Waals surface area contributed by atoms with Gasteiger partial charge in [-0.3, -0.25) is 14.8 Å². The maximum absolute atomic E-state index is 12.9. The van der Waals surface area contributed by atoms with Crippen LogP contribution in [0.4, 0.5) is 5.82 Å². The molecule has 0 spiro atoms. The lowest BCUT2D eigenvalue weighted by Crippen LogP contribution is -2.23. The van der Waals surface area contributed by atoms with Crippen molar-refractivity contribution in [3.8, 4) is 17.1 Å². The van der Waals surface area contributed by atoms with Gasteiger partial charge in [0.1, 0.15) is 11.8 Å². The zero-order valence-corrected chi connectivity index (χ0v) is 15.8. The van der Waals surface area contributed by atoms with Crippen molar-refractivity contribution in [2.45, 2.75) is 13.5 Å². The van der Waals surface area contributed by atoms with Gasteiger partial charge in [-0.25, -0.2) is 14.5 Å². The first-order chi connectivity index (χ1) is 14.1. The largest absolute Gasteiger partial charge is 0.481 e. The number of amides is 1. The summed E-state index contributed by atoms with van der Waals surface area (Å²) in [4.78, 5) is 29.5. The van der Waals surface area contributed by atoms with Crippen LogP contribution in [-0.4, -0.2) is 42.6 Å². The number of fused-ring (bicyclic) bond motifs is 1. The predicted octanol–water partition coefficient (Wildman–Crippen LogP) is 1.41. The molecule has 0 radical (unpaired) electrons. The van der Waals surface area contributed by atoms with Crippen LogP contribution in [0.2, 0.25) is 0 Å². The van der Waals surface area contributed by atoms with Crippen molar-refractivity contribution in [2.75, 3.05) is 12.8 Å². The van der Waals surface area contributed by atoms with Crippen molar-refractivity contribution in [3.05, 3.63) is 60.1 Å². The van der Waals surface area contributed by atoms with Crippen molar-refractivity contribution in [2.24, 2.45) is 0 Å². The topological polar surface area (TPSA) is 133 Å². The number of nitrogens with zero attached hydrogens (tertiary/aromatic N) is 6. The lowest BCUT2D eigenvalue weighted by Gasteiger charge is -2.05. The molecule has 0 aliphatic heterocycles. The maximum atomic E-state index is 12.9. The number of carbonyl (C=O) groups is 1. The second kappa shape index (κ2) is 7.50. The molecule has 3 N–H and O–H groups in total. The summed E-state index contributed by atoms with van der Waals surface area (Å²) in [5.41, 5.74) is 9.72. The monoisotopic (exact) mass is 390 g/mol. The van der Waals surface area contributed by atoms with Crippen LogP contribution in [0.25, 0.3) is 16.8 Å². The van der Waals surface area contributed by atoms with Gasteiger partial charge < -0.3 is 15.8 Å². The van der Waals surface area contributed by atoms with Crippen LogP contribution in [0.5, 0.6) is 5.88 Å². The summed E-state index contributed by atoms with van der Waals surface area (Å²) in [5, 5.41) is 7.11. The van der Waals surface area contributed by atoms with Crippen LogP contribution in [0.1, 0.15) is 21.7 Å². The smallest absolute Gasteiger partial charge is 0.254 e. The molecule has 146 valence electrons. The van der Waals surface area contributed by atoms with Gasteiger partial charge in [-0.15, -0.1) is 0 Å². The van der Waals surface area contributed by atoms with Crippen molar-refractivity contribution in [3.63, 3.8) is 0 Å². The number of carbonyl (C=O) groups excluding carboxylic acids is 1. The van der Waals surface area contributed by atoms with Crippen LogP contribution in [-0.2, 0) is 6.54 Å². The lowest BCUT2D eigenvalue weighted by atomic mass is 10.1. The molecule has 0 atom stereocenters. The Bertz CT molecular complexity index is 1190. The van der Waals surface area contributed by atoms with Crippen molar-refractivity contribution in [1.29, 1.82) is 0 Å². The average molecular weight is 390 g/mol. The van der Waals surface area contributed by atoms with Crippen LogP contribution in [0.3, 0.4) is 0 Å². The molecule has 10 nitrogen and oxygen atoms in total. The number of hydrogen-bond acceptors (Lipinski definition) is 8. The van der Waals surface area contributed by atoms with Gasteiger partial charge in [0, 0.05) is 24.0 Å². The van der Waals surface area contributed by atoms with Gasteiger partial charge in [-0.05, 0) is 19.1 Å². The van der Waals surface area contributed by atoms with Crippen molar-refractivity contribution in [1.82, 2.24) is 34.9 Å². The molecule has 0 aliphatic rings. The number of nitrogens with one attached hydrogen (secondary N) is 1. The summed E-state index contributed by atoms with van der Waals surface area (Å²) in [6.45, 7) is 2.08. The number of anilines is 1. The quantitative estimate of drug-likeness (QED) is 0.522. The van der Waals surface area contributed by atoms with Crippen LogP contribution in [0, 0.1) is 6.92 Å². The van der Waals surface area contributed by atoms with E-state index in [9.17, 15) is 4.79 Å². The molecule has 4 aromatic heterocycles. The zero-order valence-electron chi connectivity index (χ0n) is 15.8. The molecule has 4 rings (SSSR count). The van der Waals surface area contributed by atoms with Crippen LogP contribution in [0.15, 0.2) is 43.1 Å². The lowest BCUT2D eigenvalue weighted by molar-refractivity contribution is 0.0952. The molecule has 0 aromatic carbocycles. The normalized spacial score (nSPS) is 10.8. The molecular weight excluding hydrogens is 372 g/mol. The predicted molar refractivity (Wildman–Crippen MR) is 105 cm³/mol. The van der Waals surface area contributed by atoms with Crippen molar-refractivity contribution < 1.29 is 9.53 Å². The molecule has 0 fully saturated rings. The van der Waals surface area contributed by atoms with E-state index < -0.39 is 0 Å². The number of aromatic nitrogens is 6. The highest BCUT2D eigenvalue weighted by Crippen LogP contribution is 2.29. The highest BCUT2D eigenvalue weighted by atomic mass is 16.5. The minimum absolute atomic E-state index is 0.201. The van der Waals surface area contributed by atoms with E-state index in [1.807, 2.05) is 6.92 Å². The van der Waals surface area contributed by atoms with E-state index in [-0.39, 0.29) is 18.3 Å². The standard InChI is InChI=1S/C19H18N8O2/c1-11-7-23-13(8-22-11)9-24-19(28)14-6-15(12-3-4-21-16(5-12)29-2)27-17(14)18(20)25-10-26-27/h3-8,10H,9H2,1-2H3,(H,24,28)(H2,20,25,26). The van der Waals surface area contributed by atoms with E-state index in [0.717, 1.165) is 11.3 Å². The Labute approximate surface area is 165 Å². The second-order valence-electron chi connectivity index (χ2n) is 6.27. The number of nitrogen functional groups attached to an aromatic ring is 1. The summed E-state index contributed by atoms with van der Waals surface area (Å²) in [6.07, 6.45) is 6.23. The third kappa shape index (κ3) is 3.55. The van der Waals surface area contributed by atoms with E-state index in [1.165, 1.54) is 13.4 Å². The molecule has 4 heterocycles. The summed E-state index contributed by atoms with van der Waals surface area (Å²) in [5.74, 6) is 0.328. The van der Waals surface area contributed by atoms with Gasteiger partial charge in [0.2, 0.25) is 5.88 Å². The van der Waals surface area contributed by atoms with Crippen LogP contribution < -0.4 is 15.8 Å². The van der Waals surface area contributed by atoms with Gasteiger partial charge in [0.05, 0.1) is 42.5 Å². The minimum atomic E-state index is -0.321. The molecule has 0 aliphatic carbocycles. The fourth-order valence-corrected chi connectivity index (χ4v) is 2.90. The number of ether oxygens (including phenoxy) is 1. The summed E-state index contributed by atoms with van der Waals surface area (Å²) >= 11 is 0. The summed E-state index contributed by atoms with van der Waals surface area (Å²) < 4.78 is 6.77. The Morgan fingerprint density at radius 3 is 2.83 bits per heavy atom. The van der Waals surface area contributed by atoms with Gasteiger partial charge in [-0.2, -0.15) is 5.10 Å². The Balaban J connectivity index is 1.72. The Kier molecular flexibility index (Phi) is 4.73. The maximum Gasteiger partial charge on any atom is 0.254 e. The zero-order chi connectivity index (χ0) is 20.4. The van der Waals surface area contributed by atoms with Crippen LogP contribution >= 0.6 is 0 Å². The Morgan fingerprint density at radius 1 is 1.21 bits per heavy atom. The summed E-state index contributed by atoms with van der Waals surface area (Å²) in [6, 6.07) is 5.26. The summed E-state index contributed by atoms with van der Waals surface area (Å²) in [7, 11) is 1.54. The molecular formula is C19H18N8O2. The van der Waals surface area contributed by atoms with Gasteiger partial charge in [-0.1, -0.05) is 0 Å². The third-order valence-corrected chi connectivity index (χ3v) is 4.33. The number of nitrogens with two attached hydrogens (primary N) is 1. The second-order valence-corrected chi connectivity index (χ2v) is 6.27. The highest BCUT2D eigenvalue weighted by Gasteiger charge is 2.20. The van der Waals surface area contributed by atoms with E-state index >= 15 is 0 Å². The minimum Gasteiger partial charge on any atom is -0.481 e. The number of aryl methyl sites for hydroxylation is 1. The van der Waals surface area contributed by atoms with E-state index in [2.05, 4.69) is 30.4 Å². The first kappa shape index (κ1) is 18.3. The molecule has 0 saturated heterocycles. The Hall–Kier alpha value is -4.08. The molecule has 4 aromatic rings. The first-order valence-corrected chi connectivity index (χ1v) is 8.75. The fourth-order valence-electron chi connectivity index (χ4n) is 2.90. The van der Waals surface area contributed by atoms with E-state index in [4.69, 9.17) is 10.5 Å². The number of rotatable bonds is 5. The number of hydrogen-bond donors (Lipinski definition) is 2. The SMILES string of the molecule is COc1cc(-c2cc(C(=O)NCc3cnc(C)cn3)c3c(N)ncnn23)ccn1. The van der Waals surface area contributed by atoms with Gasteiger partial charge in [0.15, 0.2) is 5.82 Å². The Morgan fingerprint density at radius 2 is 2.07 bits per heavy atom. The molecule has 29 heavy (non-hydrogen) atoms. The third-order valence-electron chi connectivity index (χ3n) is 4.33. The average Bonchev–Trinajstić information content (AvgIpc) is 3.14.